The van der Waals surface area contributed by atoms with Gasteiger partial charge >= 0.3 is 0 Å². The summed E-state index contributed by atoms with van der Waals surface area (Å²) >= 11 is 3.03. The van der Waals surface area contributed by atoms with Gasteiger partial charge in [0.05, 0.1) is 6.04 Å². The predicted octanol–water partition coefficient (Wildman–Crippen LogP) is 4.37. The minimum absolute atomic E-state index is 0.0505. The van der Waals surface area contributed by atoms with E-state index in [2.05, 4.69) is 4.98 Å². The lowest BCUT2D eigenvalue weighted by Gasteiger charge is -2.35. The molecule has 3 nitrogen and oxygen atoms in total. The number of hydrogen-bond donors (Lipinski definition) is 0. The lowest BCUT2D eigenvalue weighted by Crippen LogP contribution is -2.38. The first-order valence-electron chi connectivity index (χ1n) is 7.25. The first kappa shape index (κ1) is 15.5. The number of benzene rings is 1. The van der Waals surface area contributed by atoms with Crippen LogP contribution in [-0.2, 0) is 0 Å². The zero-order valence-corrected chi connectivity index (χ0v) is 13.9. The third-order valence-corrected chi connectivity index (χ3v) is 5.74. The minimum Gasteiger partial charge on any atom is -0.330 e. The second kappa shape index (κ2) is 6.79. The van der Waals surface area contributed by atoms with E-state index in [9.17, 15) is 9.18 Å². The Bertz CT molecular complexity index is 674. The van der Waals surface area contributed by atoms with Gasteiger partial charge in [0.25, 0.3) is 5.91 Å². The van der Waals surface area contributed by atoms with Gasteiger partial charge in [-0.25, -0.2) is 9.37 Å². The molecule has 1 aromatic carbocycles. The number of nitrogens with zero attached hydrogens (tertiary/aromatic N) is 2. The first-order valence-corrected chi connectivity index (χ1v) is 9.35. The molecule has 2 aromatic rings. The molecule has 0 radical (unpaired) electrons. The zero-order chi connectivity index (χ0) is 15.5. The van der Waals surface area contributed by atoms with Crippen LogP contribution in [0.5, 0.6) is 0 Å². The summed E-state index contributed by atoms with van der Waals surface area (Å²) in [5.41, 5.74) is 1.37. The Morgan fingerprint density at radius 1 is 1.45 bits per heavy atom. The predicted molar refractivity (Wildman–Crippen MR) is 87.9 cm³/mol. The number of rotatable bonds is 3. The van der Waals surface area contributed by atoms with E-state index >= 15 is 0 Å². The smallest absolute Gasteiger partial charge is 0.273 e. The van der Waals surface area contributed by atoms with Gasteiger partial charge in [0, 0.05) is 11.9 Å². The monoisotopic (exact) mass is 336 g/mol. The second-order valence-electron chi connectivity index (χ2n) is 5.27. The molecule has 1 saturated heterocycles. The van der Waals surface area contributed by atoms with E-state index < -0.39 is 0 Å². The number of piperidine rings is 1. The van der Waals surface area contributed by atoms with Gasteiger partial charge in [0.2, 0.25) is 0 Å². The number of halogens is 1. The number of thioether (sulfide) groups is 1. The third kappa shape index (κ3) is 3.17. The van der Waals surface area contributed by atoms with Crippen molar-refractivity contribution in [3.05, 3.63) is 46.7 Å². The van der Waals surface area contributed by atoms with Crippen molar-refractivity contribution in [1.82, 2.24) is 9.88 Å². The van der Waals surface area contributed by atoms with Gasteiger partial charge < -0.3 is 4.90 Å². The number of carbonyl (C=O) groups excluding carboxylic acids is 1. The quantitative estimate of drug-likeness (QED) is 0.780. The highest BCUT2D eigenvalue weighted by Gasteiger charge is 2.30. The molecule has 1 aromatic heterocycles. The van der Waals surface area contributed by atoms with Crippen LogP contribution >= 0.6 is 23.1 Å². The number of carbonyl (C=O) groups is 1. The maximum Gasteiger partial charge on any atom is 0.273 e. The van der Waals surface area contributed by atoms with Crippen molar-refractivity contribution in [2.45, 2.75) is 29.6 Å². The average Bonchev–Trinajstić information content (AvgIpc) is 3.03. The number of hydrogen-bond acceptors (Lipinski definition) is 4. The van der Waals surface area contributed by atoms with Crippen molar-refractivity contribution < 1.29 is 9.18 Å². The van der Waals surface area contributed by atoms with Gasteiger partial charge in [-0.05, 0) is 43.2 Å². The molecule has 0 N–H and O–H groups in total. The Labute approximate surface area is 137 Å². The van der Waals surface area contributed by atoms with Crippen molar-refractivity contribution in [3.63, 3.8) is 0 Å². The Hall–Kier alpha value is -1.40. The summed E-state index contributed by atoms with van der Waals surface area (Å²) in [6.45, 7) is 0.701. The van der Waals surface area contributed by atoms with Gasteiger partial charge in [0.15, 0.2) is 0 Å². The highest BCUT2D eigenvalue weighted by molar-refractivity contribution is 8.00. The van der Waals surface area contributed by atoms with Crippen LogP contribution in [0.4, 0.5) is 4.39 Å². The maximum absolute atomic E-state index is 13.5. The molecule has 3 rings (SSSR count). The molecule has 22 heavy (non-hydrogen) atoms. The van der Waals surface area contributed by atoms with Crippen LogP contribution in [0.3, 0.4) is 0 Å². The molecule has 1 amide bonds. The lowest BCUT2D eigenvalue weighted by atomic mass is 9.95. The molecule has 1 atom stereocenters. The van der Waals surface area contributed by atoms with Crippen LogP contribution in [0.2, 0.25) is 0 Å². The molecular formula is C16H17FN2OS2. The Morgan fingerprint density at radius 3 is 3.05 bits per heavy atom. The molecule has 0 bridgehead atoms. The molecule has 6 heteroatoms. The number of aromatic nitrogens is 1. The third-order valence-electron chi connectivity index (χ3n) is 3.87. The SMILES string of the molecule is CSc1nc(C(=O)N2CCCC[C@H]2c2cccc(F)c2)cs1. The molecular weight excluding hydrogens is 319 g/mol. The van der Waals surface area contributed by atoms with Gasteiger partial charge in [-0.15, -0.1) is 11.3 Å². The molecule has 1 aliphatic heterocycles. The van der Waals surface area contributed by atoms with E-state index in [-0.39, 0.29) is 17.8 Å². The molecule has 0 unspecified atom stereocenters. The highest BCUT2D eigenvalue weighted by atomic mass is 32.2. The number of amides is 1. The topological polar surface area (TPSA) is 33.2 Å². The van der Waals surface area contributed by atoms with Gasteiger partial charge in [-0.3, -0.25) is 4.79 Å². The lowest BCUT2D eigenvalue weighted by molar-refractivity contribution is 0.0605. The van der Waals surface area contributed by atoms with E-state index in [1.54, 1.807) is 6.07 Å². The number of likely N-dealkylation sites (tertiary alicyclic amines) is 1. The van der Waals surface area contributed by atoms with Crippen molar-refractivity contribution in [3.8, 4) is 0 Å². The Balaban J connectivity index is 1.87. The van der Waals surface area contributed by atoms with E-state index in [4.69, 9.17) is 0 Å². The summed E-state index contributed by atoms with van der Waals surface area (Å²) in [5.74, 6) is -0.306. The van der Waals surface area contributed by atoms with Crippen LogP contribution in [0.25, 0.3) is 0 Å². The molecule has 1 aliphatic rings. The summed E-state index contributed by atoms with van der Waals surface area (Å²) in [6, 6.07) is 6.51. The summed E-state index contributed by atoms with van der Waals surface area (Å²) in [5, 5.41) is 1.81. The fourth-order valence-corrected chi connectivity index (χ4v) is 4.07. The first-order chi connectivity index (χ1) is 10.7. The van der Waals surface area contributed by atoms with E-state index in [0.717, 1.165) is 29.2 Å². The standard InChI is InChI=1S/C16H17FN2OS2/c1-21-16-18-13(10-22-16)15(20)19-8-3-2-7-14(19)11-5-4-6-12(17)9-11/h4-6,9-10,14H,2-3,7-8H2,1H3/t14-/m0/s1. The molecule has 116 valence electrons. The van der Waals surface area contributed by atoms with E-state index in [0.29, 0.717) is 12.2 Å². The van der Waals surface area contributed by atoms with Crippen LogP contribution in [0.15, 0.2) is 34.0 Å². The summed E-state index contributed by atoms with van der Waals surface area (Å²) in [4.78, 5) is 19.0. The fraction of sp³-hybridized carbons (Fsp3) is 0.375. The Kier molecular flexibility index (Phi) is 4.78. The molecule has 0 spiro atoms. The average molecular weight is 336 g/mol. The molecule has 0 saturated carbocycles. The van der Waals surface area contributed by atoms with Crippen molar-refractivity contribution in [2.24, 2.45) is 0 Å². The van der Waals surface area contributed by atoms with Crippen molar-refractivity contribution in [2.75, 3.05) is 12.8 Å². The Morgan fingerprint density at radius 2 is 2.32 bits per heavy atom. The largest absolute Gasteiger partial charge is 0.330 e. The van der Waals surface area contributed by atoms with Crippen molar-refractivity contribution in [1.29, 1.82) is 0 Å². The second-order valence-corrected chi connectivity index (χ2v) is 7.18. The zero-order valence-electron chi connectivity index (χ0n) is 12.3. The van der Waals surface area contributed by atoms with Crippen LogP contribution in [-0.4, -0.2) is 28.6 Å². The molecule has 2 heterocycles. The van der Waals surface area contributed by atoms with E-state index in [1.165, 1.54) is 35.2 Å². The molecule has 0 aliphatic carbocycles. The number of thiazole rings is 1. The highest BCUT2D eigenvalue weighted by Crippen LogP contribution is 2.33. The van der Waals surface area contributed by atoms with Crippen LogP contribution in [0, 0.1) is 5.82 Å². The maximum atomic E-state index is 13.5. The van der Waals surface area contributed by atoms with Gasteiger partial charge in [0.1, 0.15) is 15.9 Å². The van der Waals surface area contributed by atoms with Gasteiger partial charge in [-0.2, -0.15) is 0 Å². The fourth-order valence-electron chi connectivity index (χ4n) is 2.83. The summed E-state index contributed by atoms with van der Waals surface area (Å²) in [6.07, 6.45) is 4.85. The van der Waals surface area contributed by atoms with Crippen LogP contribution < -0.4 is 0 Å². The van der Waals surface area contributed by atoms with E-state index in [1.807, 2.05) is 22.6 Å². The summed E-state index contributed by atoms with van der Waals surface area (Å²) in [7, 11) is 0. The normalized spacial score (nSPS) is 18.5. The van der Waals surface area contributed by atoms with Gasteiger partial charge in [-0.1, -0.05) is 23.9 Å². The molecule has 1 fully saturated rings. The van der Waals surface area contributed by atoms with Crippen LogP contribution in [0.1, 0.15) is 41.4 Å². The summed E-state index contributed by atoms with van der Waals surface area (Å²) < 4.78 is 14.4. The minimum atomic E-state index is -0.256. The van der Waals surface area contributed by atoms with Crippen molar-refractivity contribution >= 4 is 29.0 Å².